The van der Waals surface area contributed by atoms with Crippen molar-refractivity contribution < 1.29 is 9.53 Å². The fraction of sp³-hybridized carbons (Fsp3) is 0.786. The summed E-state index contributed by atoms with van der Waals surface area (Å²) in [5.41, 5.74) is 0. The molecule has 1 aromatic heterocycles. The zero-order chi connectivity index (χ0) is 14.5. The van der Waals surface area contributed by atoms with Crippen LogP contribution in [-0.4, -0.2) is 33.3 Å². The molecule has 0 aliphatic heterocycles. The average Bonchev–Trinajstić information content (AvgIpc) is 2.81. The summed E-state index contributed by atoms with van der Waals surface area (Å²) in [6, 6.07) is 0. The van der Waals surface area contributed by atoms with Gasteiger partial charge in [-0.05, 0) is 32.1 Å². The third-order valence-electron chi connectivity index (χ3n) is 3.74. The lowest BCUT2D eigenvalue weighted by Crippen LogP contribution is -2.35. The van der Waals surface area contributed by atoms with E-state index in [1.54, 1.807) is 6.92 Å². The van der Waals surface area contributed by atoms with E-state index in [4.69, 9.17) is 4.74 Å². The molecule has 6 heteroatoms. The first-order valence-corrected chi connectivity index (χ1v) is 7.43. The Morgan fingerprint density at radius 3 is 2.95 bits per heavy atom. The Bertz CT molecular complexity index is 446. The fourth-order valence-corrected chi connectivity index (χ4v) is 2.67. The van der Waals surface area contributed by atoms with Gasteiger partial charge in [-0.15, -0.1) is 5.10 Å². The van der Waals surface area contributed by atoms with Crippen LogP contribution in [0.3, 0.4) is 0 Å². The van der Waals surface area contributed by atoms with Crippen LogP contribution in [0.1, 0.15) is 51.8 Å². The Morgan fingerprint density at radius 2 is 2.35 bits per heavy atom. The number of rotatable bonds is 5. The summed E-state index contributed by atoms with van der Waals surface area (Å²) in [6.45, 7) is 5.99. The van der Waals surface area contributed by atoms with E-state index in [2.05, 4.69) is 27.4 Å². The molecule has 1 fully saturated rings. The zero-order valence-corrected chi connectivity index (χ0v) is 12.5. The number of hydrogen-bond acceptors (Lipinski definition) is 4. The third-order valence-corrected chi connectivity index (χ3v) is 3.74. The number of nitrogens with zero attached hydrogens (tertiary/aromatic N) is 2. The molecule has 3 atom stereocenters. The van der Waals surface area contributed by atoms with Crippen LogP contribution in [0, 0.1) is 12.8 Å². The number of ether oxygens (including phenoxy) is 1. The van der Waals surface area contributed by atoms with Gasteiger partial charge in [-0.2, -0.15) is 4.98 Å². The molecule has 1 aliphatic carbocycles. The monoisotopic (exact) mass is 280 g/mol. The molecule has 0 aromatic carbocycles. The highest BCUT2D eigenvalue weighted by Crippen LogP contribution is 2.27. The summed E-state index contributed by atoms with van der Waals surface area (Å²) in [6.07, 6.45) is 4.97. The van der Waals surface area contributed by atoms with Crippen LogP contribution in [0.5, 0.6) is 0 Å². The van der Waals surface area contributed by atoms with Crippen molar-refractivity contribution in [2.75, 3.05) is 5.32 Å². The number of aromatic amines is 1. The van der Waals surface area contributed by atoms with Crippen LogP contribution in [-0.2, 0) is 9.53 Å². The topological polar surface area (TPSA) is 79.9 Å². The lowest BCUT2D eigenvalue weighted by atomic mass is 9.88. The second-order valence-corrected chi connectivity index (χ2v) is 5.66. The van der Waals surface area contributed by atoms with Crippen LogP contribution >= 0.6 is 0 Å². The maximum atomic E-state index is 12.2. The van der Waals surface area contributed by atoms with E-state index in [0.29, 0.717) is 24.1 Å². The Balaban J connectivity index is 1.88. The molecule has 2 rings (SSSR count). The van der Waals surface area contributed by atoms with E-state index in [0.717, 1.165) is 12.8 Å². The van der Waals surface area contributed by atoms with Crippen molar-refractivity contribution in [3.63, 3.8) is 0 Å². The Kier molecular flexibility index (Phi) is 5.11. The standard InChI is InChI=1S/C14H24N4O2/c1-4-12(20-11-7-5-6-9(2)8-11)13(19)16-14-15-10(3)17-18-14/h9,11-12H,4-8H2,1-3H3,(H2,15,16,17,18,19)/t9-,11-,12-/m0/s1. The van der Waals surface area contributed by atoms with Crippen LogP contribution in [0.25, 0.3) is 0 Å². The molecule has 1 amide bonds. The molecular formula is C14H24N4O2. The van der Waals surface area contributed by atoms with Crippen molar-refractivity contribution in [2.45, 2.75) is 65.1 Å². The molecule has 0 unspecified atom stereocenters. The minimum atomic E-state index is -0.427. The lowest BCUT2D eigenvalue weighted by molar-refractivity contribution is -0.133. The predicted molar refractivity (Wildman–Crippen MR) is 76.3 cm³/mol. The predicted octanol–water partition coefficient (Wildman–Crippen LogP) is 2.43. The smallest absolute Gasteiger partial charge is 0.255 e. The Labute approximate surface area is 119 Å². The summed E-state index contributed by atoms with van der Waals surface area (Å²) >= 11 is 0. The zero-order valence-electron chi connectivity index (χ0n) is 12.5. The minimum Gasteiger partial charge on any atom is -0.365 e. The van der Waals surface area contributed by atoms with Crippen LogP contribution < -0.4 is 5.32 Å². The van der Waals surface area contributed by atoms with E-state index >= 15 is 0 Å². The number of nitrogens with one attached hydrogen (secondary N) is 2. The van der Waals surface area contributed by atoms with Gasteiger partial charge < -0.3 is 4.74 Å². The molecule has 112 valence electrons. The van der Waals surface area contributed by atoms with Crippen molar-refractivity contribution in [3.05, 3.63) is 5.82 Å². The molecule has 1 saturated carbocycles. The Morgan fingerprint density at radius 1 is 1.55 bits per heavy atom. The van der Waals surface area contributed by atoms with Gasteiger partial charge in [0.1, 0.15) is 11.9 Å². The van der Waals surface area contributed by atoms with Gasteiger partial charge in [-0.1, -0.05) is 26.7 Å². The summed E-state index contributed by atoms with van der Waals surface area (Å²) in [5, 5.41) is 9.31. The van der Waals surface area contributed by atoms with Crippen molar-refractivity contribution in [2.24, 2.45) is 5.92 Å². The van der Waals surface area contributed by atoms with Gasteiger partial charge in [0.2, 0.25) is 5.95 Å². The average molecular weight is 280 g/mol. The molecule has 0 spiro atoms. The first-order chi connectivity index (χ1) is 9.58. The molecule has 0 radical (unpaired) electrons. The molecule has 0 bridgehead atoms. The molecular weight excluding hydrogens is 256 g/mol. The summed E-state index contributed by atoms with van der Waals surface area (Å²) in [4.78, 5) is 16.3. The normalized spacial score (nSPS) is 24.4. The maximum absolute atomic E-state index is 12.2. The SMILES string of the molecule is CC[C@H](O[C@H]1CCC[C@H](C)C1)C(=O)Nc1n[nH]c(C)n1. The highest BCUT2D eigenvalue weighted by molar-refractivity contribution is 5.92. The molecule has 1 aromatic rings. The van der Waals surface area contributed by atoms with Crippen LogP contribution in [0.2, 0.25) is 0 Å². The summed E-state index contributed by atoms with van der Waals surface area (Å²) in [7, 11) is 0. The summed E-state index contributed by atoms with van der Waals surface area (Å²) < 4.78 is 5.97. The first kappa shape index (κ1) is 15.0. The molecule has 0 saturated heterocycles. The quantitative estimate of drug-likeness (QED) is 0.868. The molecule has 2 N–H and O–H groups in total. The molecule has 1 aliphatic rings. The number of aryl methyl sites for hydroxylation is 1. The van der Waals surface area contributed by atoms with E-state index in [1.165, 1.54) is 12.8 Å². The number of amides is 1. The molecule has 20 heavy (non-hydrogen) atoms. The molecule has 6 nitrogen and oxygen atoms in total. The number of hydrogen-bond donors (Lipinski definition) is 2. The number of aromatic nitrogens is 3. The van der Waals surface area contributed by atoms with E-state index in [1.807, 2.05) is 6.92 Å². The summed E-state index contributed by atoms with van der Waals surface area (Å²) in [5.74, 6) is 1.51. The number of H-pyrrole nitrogens is 1. The Hall–Kier alpha value is -1.43. The van der Waals surface area contributed by atoms with Crippen molar-refractivity contribution in [1.82, 2.24) is 15.2 Å². The second-order valence-electron chi connectivity index (χ2n) is 5.66. The van der Waals surface area contributed by atoms with Gasteiger partial charge in [0.05, 0.1) is 6.10 Å². The van der Waals surface area contributed by atoms with Crippen molar-refractivity contribution >= 4 is 11.9 Å². The molecule has 1 heterocycles. The number of anilines is 1. The van der Waals surface area contributed by atoms with Crippen LogP contribution in [0.4, 0.5) is 5.95 Å². The minimum absolute atomic E-state index is 0.162. The van der Waals surface area contributed by atoms with E-state index < -0.39 is 6.10 Å². The van der Waals surface area contributed by atoms with Gasteiger partial charge in [-0.25, -0.2) is 0 Å². The van der Waals surface area contributed by atoms with Crippen molar-refractivity contribution in [3.8, 4) is 0 Å². The largest absolute Gasteiger partial charge is 0.365 e. The van der Waals surface area contributed by atoms with Crippen LogP contribution in [0.15, 0.2) is 0 Å². The number of carbonyl (C=O) groups is 1. The highest BCUT2D eigenvalue weighted by Gasteiger charge is 2.26. The number of carbonyl (C=O) groups excluding carboxylic acids is 1. The fourth-order valence-electron chi connectivity index (χ4n) is 2.67. The lowest BCUT2D eigenvalue weighted by Gasteiger charge is -2.29. The maximum Gasteiger partial charge on any atom is 0.255 e. The van der Waals surface area contributed by atoms with E-state index in [-0.39, 0.29) is 12.0 Å². The van der Waals surface area contributed by atoms with Gasteiger partial charge in [0, 0.05) is 0 Å². The third kappa shape index (κ3) is 4.03. The van der Waals surface area contributed by atoms with Gasteiger partial charge in [0.25, 0.3) is 5.91 Å². The van der Waals surface area contributed by atoms with Gasteiger partial charge in [0.15, 0.2) is 0 Å². The van der Waals surface area contributed by atoms with Gasteiger partial charge in [-0.3, -0.25) is 15.2 Å². The first-order valence-electron chi connectivity index (χ1n) is 7.43. The highest BCUT2D eigenvalue weighted by atomic mass is 16.5. The second kappa shape index (κ2) is 6.83. The van der Waals surface area contributed by atoms with Crippen molar-refractivity contribution in [1.29, 1.82) is 0 Å². The van der Waals surface area contributed by atoms with E-state index in [9.17, 15) is 4.79 Å². The van der Waals surface area contributed by atoms with Gasteiger partial charge >= 0.3 is 0 Å².